The van der Waals surface area contributed by atoms with E-state index in [1.807, 2.05) is 60.7 Å². The van der Waals surface area contributed by atoms with Crippen molar-refractivity contribution in [2.45, 2.75) is 37.6 Å². The lowest BCUT2D eigenvalue weighted by molar-refractivity contribution is 0.0955. The summed E-state index contributed by atoms with van der Waals surface area (Å²) in [6.07, 6.45) is 4.57. The van der Waals surface area contributed by atoms with Crippen LogP contribution in [0.4, 0.5) is 5.69 Å². The summed E-state index contributed by atoms with van der Waals surface area (Å²) in [5.74, 6) is -0.0970. The highest BCUT2D eigenvalue weighted by Crippen LogP contribution is 2.37. The Balaban J connectivity index is 2.08. The first-order chi connectivity index (χ1) is 11.3. The van der Waals surface area contributed by atoms with E-state index >= 15 is 0 Å². The van der Waals surface area contributed by atoms with Gasteiger partial charge in [-0.25, -0.2) is 0 Å². The van der Waals surface area contributed by atoms with Crippen molar-refractivity contribution in [3.05, 3.63) is 66.2 Å². The largest absolute Gasteiger partial charge is 0.289 e. The van der Waals surface area contributed by atoms with Crippen LogP contribution in [0.5, 0.6) is 0 Å². The average Bonchev–Trinajstić information content (AvgIpc) is 2.64. The Kier molecular flexibility index (Phi) is 4.43. The van der Waals surface area contributed by atoms with Crippen molar-refractivity contribution in [1.82, 2.24) is 0 Å². The predicted molar refractivity (Wildman–Crippen MR) is 91.1 cm³/mol. The second-order valence-electron chi connectivity index (χ2n) is 6.05. The fourth-order valence-corrected chi connectivity index (χ4v) is 3.37. The van der Waals surface area contributed by atoms with E-state index in [1.54, 1.807) is 4.90 Å². The summed E-state index contributed by atoms with van der Waals surface area (Å²) < 4.78 is 0. The number of carbonyl (C=O) groups is 1. The van der Waals surface area contributed by atoms with Gasteiger partial charge in [0.1, 0.15) is 5.54 Å². The van der Waals surface area contributed by atoms with Crippen LogP contribution in [0.1, 0.15) is 42.5 Å². The maximum atomic E-state index is 13.2. The van der Waals surface area contributed by atoms with Gasteiger partial charge in [-0.2, -0.15) is 5.26 Å². The van der Waals surface area contributed by atoms with Crippen LogP contribution < -0.4 is 4.90 Å². The molecule has 2 aromatic rings. The number of benzene rings is 2. The molecule has 0 atom stereocenters. The Morgan fingerprint density at radius 2 is 1.48 bits per heavy atom. The Bertz CT molecular complexity index is 697. The summed E-state index contributed by atoms with van der Waals surface area (Å²) in [5, 5.41) is 9.93. The minimum atomic E-state index is -0.744. The molecular weight excluding hydrogens is 284 g/mol. The molecule has 23 heavy (non-hydrogen) atoms. The second kappa shape index (κ2) is 6.66. The molecule has 0 heterocycles. The zero-order valence-electron chi connectivity index (χ0n) is 13.1. The molecule has 0 bridgehead atoms. The summed E-state index contributed by atoms with van der Waals surface area (Å²) in [6, 6.07) is 21.3. The van der Waals surface area contributed by atoms with Gasteiger partial charge in [-0.15, -0.1) is 0 Å². The van der Waals surface area contributed by atoms with Crippen LogP contribution in [0.2, 0.25) is 0 Å². The highest BCUT2D eigenvalue weighted by atomic mass is 16.2. The Hall–Kier alpha value is -2.60. The van der Waals surface area contributed by atoms with Gasteiger partial charge in [0.15, 0.2) is 0 Å². The fraction of sp³-hybridized carbons (Fsp3) is 0.300. The maximum absolute atomic E-state index is 13.2. The lowest BCUT2D eigenvalue weighted by atomic mass is 9.80. The number of amides is 1. The topological polar surface area (TPSA) is 44.1 Å². The van der Waals surface area contributed by atoms with Gasteiger partial charge in [-0.1, -0.05) is 55.7 Å². The second-order valence-corrected chi connectivity index (χ2v) is 6.05. The van der Waals surface area contributed by atoms with Crippen molar-refractivity contribution >= 4 is 11.6 Å². The van der Waals surface area contributed by atoms with Crippen LogP contribution in [0, 0.1) is 11.3 Å². The number of nitrogens with zero attached hydrogens (tertiary/aromatic N) is 2. The molecule has 0 radical (unpaired) electrons. The Labute approximate surface area is 137 Å². The maximum Gasteiger partial charge on any atom is 0.259 e. The van der Waals surface area contributed by atoms with Gasteiger partial charge in [0, 0.05) is 11.3 Å². The number of para-hydroxylation sites is 1. The number of rotatable bonds is 3. The molecule has 1 aliphatic carbocycles. The van der Waals surface area contributed by atoms with Crippen molar-refractivity contribution in [3.63, 3.8) is 0 Å². The van der Waals surface area contributed by atoms with Crippen molar-refractivity contribution in [2.24, 2.45) is 0 Å². The van der Waals surface area contributed by atoms with Crippen LogP contribution in [-0.2, 0) is 0 Å². The number of hydrogen-bond acceptors (Lipinski definition) is 2. The molecule has 116 valence electrons. The molecule has 0 aliphatic heterocycles. The summed E-state index contributed by atoms with van der Waals surface area (Å²) >= 11 is 0. The van der Waals surface area contributed by atoms with E-state index in [0.29, 0.717) is 5.56 Å². The Morgan fingerprint density at radius 3 is 2.04 bits per heavy atom. The van der Waals surface area contributed by atoms with Crippen LogP contribution >= 0.6 is 0 Å². The third-order valence-corrected chi connectivity index (χ3v) is 4.56. The highest BCUT2D eigenvalue weighted by Gasteiger charge is 2.42. The van der Waals surface area contributed by atoms with E-state index in [-0.39, 0.29) is 5.91 Å². The monoisotopic (exact) mass is 304 g/mol. The van der Waals surface area contributed by atoms with Gasteiger partial charge in [0.25, 0.3) is 5.91 Å². The zero-order valence-corrected chi connectivity index (χ0v) is 13.1. The molecule has 1 amide bonds. The normalized spacial score (nSPS) is 16.3. The first-order valence-corrected chi connectivity index (χ1v) is 8.13. The van der Waals surface area contributed by atoms with Gasteiger partial charge >= 0.3 is 0 Å². The molecule has 1 saturated carbocycles. The quantitative estimate of drug-likeness (QED) is 0.834. The molecule has 1 fully saturated rings. The van der Waals surface area contributed by atoms with Crippen LogP contribution in [0.25, 0.3) is 0 Å². The molecule has 0 saturated heterocycles. The van der Waals surface area contributed by atoms with E-state index in [4.69, 9.17) is 0 Å². The highest BCUT2D eigenvalue weighted by molar-refractivity contribution is 6.07. The van der Waals surface area contributed by atoms with E-state index < -0.39 is 5.54 Å². The fourth-order valence-electron chi connectivity index (χ4n) is 3.37. The summed E-state index contributed by atoms with van der Waals surface area (Å²) in [5.41, 5.74) is 0.674. The van der Waals surface area contributed by atoms with Crippen molar-refractivity contribution in [3.8, 4) is 6.07 Å². The van der Waals surface area contributed by atoms with E-state index in [1.165, 1.54) is 0 Å². The minimum absolute atomic E-state index is 0.0970. The van der Waals surface area contributed by atoms with Gasteiger partial charge in [-0.05, 0) is 37.1 Å². The SMILES string of the molecule is N#CC1(N(C(=O)c2ccccc2)c2ccccc2)CCCCC1. The predicted octanol–water partition coefficient (Wildman–Crippen LogP) is 4.56. The summed E-state index contributed by atoms with van der Waals surface area (Å²) in [4.78, 5) is 14.9. The number of nitriles is 1. The molecule has 3 rings (SSSR count). The molecular formula is C20H20N2O. The van der Waals surface area contributed by atoms with Gasteiger partial charge in [0.2, 0.25) is 0 Å². The molecule has 3 heteroatoms. The van der Waals surface area contributed by atoms with Crippen molar-refractivity contribution in [1.29, 1.82) is 5.26 Å². The standard InChI is InChI=1S/C20H20N2O/c21-16-20(14-8-3-9-15-20)22(18-12-6-2-7-13-18)19(23)17-10-4-1-5-11-17/h1-2,4-7,10-13H,3,8-9,14-15H2. The molecule has 0 unspecified atom stereocenters. The van der Waals surface area contributed by atoms with Gasteiger partial charge in [-0.3, -0.25) is 9.69 Å². The number of hydrogen-bond donors (Lipinski definition) is 0. The third-order valence-electron chi connectivity index (χ3n) is 4.56. The van der Waals surface area contributed by atoms with Crippen LogP contribution in [0.15, 0.2) is 60.7 Å². The van der Waals surface area contributed by atoms with Crippen LogP contribution in [0.3, 0.4) is 0 Å². The van der Waals surface area contributed by atoms with E-state index in [0.717, 1.165) is 37.8 Å². The first-order valence-electron chi connectivity index (χ1n) is 8.13. The first kappa shape index (κ1) is 15.3. The molecule has 1 aliphatic rings. The molecule has 2 aromatic carbocycles. The van der Waals surface area contributed by atoms with Crippen molar-refractivity contribution < 1.29 is 4.79 Å². The third kappa shape index (κ3) is 2.98. The number of carbonyl (C=O) groups excluding carboxylic acids is 1. The van der Waals surface area contributed by atoms with Crippen molar-refractivity contribution in [2.75, 3.05) is 4.90 Å². The van der Waals surface area contributed by atoms with Gasteiger partial charge < -0.3 is 0 Å². The molecule has 3 nitrogen and oxygen atoms in total. The van der Waals surface area contributed by atoms with E-state index in [9.17, 15) is 10.1 Å². The molecule has 0 aromatic heterocycles. The summed E-state index contributed by atoms with van der Waals surface area (Å²) in [6.45, 7) is 0. The lowest BCUT2D eigenvalue weighted by Gasteiger charge is -2.41. The zero-order chi connectivity index (χ0) is 16.1. The smallest absolute Gasteiger partial charge is 0.259 e. The van der Waals surface area contributed by atoms with E-state index in [2.05, 4.69) is 6.07 Å². The van der Waals surface area contributed by atoms with Gasteiger partial charge in [0.05, 0.1) is 6.07 Å². The number of anilines is 1. The Morgan fingerprint density at radius 1 is 0.913 bits per heavy atom. The minimum Gasteiger partial charge on any atom is -0.289 e. The van der Waals surface area contributed by atoms with Crippen LogP contribution in [-0.4, -0.2) is 11.4 Å². The molecule has 0 N–H and O–H groups in total. The molecule has 0 spiro atoms. The average molecular weight is 304 g/mol. The lowest BCUT2D eigenvalue weighted by Crippen LogP contribution is -2.52. The summed E-state index contributed by atoms with van der Waals surface area (Å²) in [7, 11) is 0.